The highest BCUT2D eigenvalue weighted by Crippen LogP contribution is 2.47. The molecular formula is C58H35N3OS. The summed E-state index contributed by atoms with van der Waals surface area (Å²) in [6.45, 7) is 0. The van der Waals surface area contributed by atoms with Gasteiger partial charge in [-0.05, 0) is 75.8 Å². The first-order valence-electron chi connectivity index (χ1n) is 21.2. The highest BCUT2D eigenvalue weighted by Gasteiger charge is 2.23. The van der Waals surface area contributed by atoms with Gasteiger partial charge in [0.05, 0.1) is 21.6 Å². The zero-order valence-corrected chi connectivity index (χ0v) is 34.7. The van der Waals surface area contributed by atoms with Crippen LogP contribution in [0.1, 0.15) is 0 Å². The van der Waals surface area contributed by atoms with E-state index < -0.39 is 0 Å². The Bertz CT molecular complexity index is 3940. The molecule has 0 radical (unpaired) electrons. The molecule has 5 heteroatoms. The lowest BCUT2D eigenvalue weighted by Gasteiger charge is -2.28. The van der Waals surface area contributed by atoms with Gasteiger partial charge in [-0.15, -0.1) is 11.3 Å². The third-order valence-electron chi connectivity index (χ3n) is 12.4. The molecule has 0 unspecified atom stereocenters. The van der Waals surface area contributed by atoms with Crippen LogP contribution in [0.4, 0.5) is 17.1 Å². The molecule has 10 aromatic carbocycles. The van der Waals surface area contributed by atoms with Crippen LogP contribution in [0.25, 0.3) is 108 Å². The number of hydrogen-bond donors (Lipinski definition) is 0. The Morgan fingerprint density at radius 1 is 0.429 bits per heavy atom. The summed E-state index contributed by atoms with van der Waals surface area (Å²) in [5.74, 6) is 0.678. The van der Waals surface area contributed by atoms with Crippen LogP contribution in [0.15, 0.2) is 217 Å². The van der Waals surface area contributed by atoms with Crippen LogP contribution in [0.2, 0.25) is 0 Å². The summed E-state index contributed by atoms with van der Waals surface area (Å²) in [5, 5.41) is 10.1. The molecule has 0 aliphatic heterocycles. The second-order valence-corrected chi connectivity index (χ2v) is 17.1. The second-order valence-electron chi connectivity index (χ2n) is 16.1. The molecule has 0 saturated carbocycles. The monoisotopic (exact) mass is 821 g/mol. The zero-order chi connectivity index (χ0) is 41.4. The lowest BCUT2D eigenvalue weighted by Crippen LogP contribution is -2.10. The van der Waals surface area contributed by atoms with E-state index in [9.17, 15) is 0 Å². The van der Waals surface area contributed by atoms with Gasteiger partial charge in [0.2, 0.25) is 0 Å². The van der Waals surface area contributed by atoms with Crippen LogP contribution in [-0.2, 0) is 0 Å². The normalized spacial score (nSPS) is 11.8. The Morgan fingerprint density at radius 3 is 2.02 bits per heavy atom. The van der Waals surface area contributed by atoms with Gasteiger partial charge in [0, 0.05) is 59.5 Å². The molecule has 0 aliphatic rings. The molecule has 0 atom stereocenters. The largest absolute Gasteiger partial charge is 0.455 e. The number of fused-ring (bicyclic) bond motifs is 10. The first kappa shape index (κ1) is 35.6. The topological polar surface area (TPSA) is 42.2 Å². The van der Waals surface area contributed by atoms with Crippen molar-refractivity contribution in [2.24, 2.45) is 0 Å². The number of nitrogens with zero attached hydrogens (tertiary/aromatic N) is 3. The van der Waals surface area contributed by atoms with E-state index in [1.807, 2.05) is 6.07 Å². The van der Waals surface area contributed by atoms with E-state index in [4.69, 9.17) is 14.4 Å². The molecule has 294 valence electrons. The van der Waals surface area contributed by atoms with E-state index in [0.717, 1.165) is 93.3 Å². The van der Waals surface area contributed by atoms with Gasteiger partial charge >= 0.3 is 0 Å². The molecule has 13 rings (SSSR count). The first-order chi connectivity index (χ1) is 31.2. The van der Waals surface area contributed by atoms with Gasteiger partial charge in [-0.2, -0.15) is 0 Å². The molecule has 0 amide bonds. The summed E-state index contributed by atoms with van der Waals surface area (Å²) in [5.41, 5.74) is 11.0. The predicted octanol–water partition coefficient (Wildman–Crippen LogP) is 16.7. The number of aromatic nitrogens is 2. The Balaban J connectivity index is 1.10. The number of anilines is 3. The van der Waals surface area contributed by atoms with Crippen molar-refractivity contribution in [3.63, 3.8) is 0 Å². The lowest BCUT2D eigenvalue weighted by atomic mass is 9.91. The molecule has 0 spiro atoms. The molecule has 0 saturated heterocycles. The summed E-state index contributed by atoms with van der Waals surface area (Å²) in [6, 6.07) is 75.7. The summed E-state index contributed by atoms with van der Waals surface area (Å²) in [7, 11) is 0. The average molecular weight is 822 g/mol. The maximum Gasteiger partial charge on any atom is 0.161 e. The Morgan fingerprint density at radius 2 is 1.11 bits per heavy atom. The summed E-state index contributed by atoms with van der Waals surface area (Å²) >= 11 is 1.75. The minimum atomic E-state index is 0.678. The van der Waals surface area contributed by atoms with Gasteiger partial charge in [0.25, 0.3) is 0 Å². The maximum atomic E-state index is 6.76. The van der Waals surface area contributed by atoms with Gasteiger partial charge < -0.3 is 9.32 Å². The summed E-state index contributed by atoms with van der Waals surface area (Å²) in [4.78, 5) is 13.4. The van der Waals surface area contributed by atoms with Crippen LogP contribution < -0.4 is 4.90 Å². The van der Waals surface area contributed by atoms with Crippen LogP contribution >= 0.6 is 11.3 Å². The highest BCUT2D eigenvalue weighted by atomic mass is 32.1. The third kappa shape index (κ3) is 5.74. The Hall–Kier alpha value is -8.12. The van der Waals surface area contributed by atoms with Crippen LogP contribution in [0.3, 0.4) is 0 Å². The van der Waals surface area contributed by atoms with Gasteiger partial charge in [-0.3, -0.25) is 0 Å². The fourth-order valence-electron chi connectivity index (χ4n) is 9.53. The number of rotatable bonds is 6. The van der Waals surface area contributed by atoms with Crippen molar-refractivity contribution < 1.29 is 4.42 Å². The van der Waals surface area contributed by atoms with Gasteiger partial charge in [0.15, 0.2) is 5.82 Å². The van der Waals surface area contributed by atoms with Crippen molar-refractivity contribution in [3.8, 4) is 33.8 Å². The van der Waals surface area contributed by atoms with Crippen molar-refractivity contribution in [1.82, 2.24) is 9.97 Å². The number of thiophene rings is 1. The van der Waals surface area contributed by atoms with Crippen LogP contribution in [0, 0.1) is 0 Å². The van der Waals surface area contributed by atoms with E-state index in [0.29, 0.717) is 5.82 Å². The molecule has 0 fully saturated rings. The van der Waals surface area contributed by atoms with Crippen LogP contribution in [-0.4, -0.2) is 9.97 Å². The molecule has 63 heavy (non-hydrogen) atoms. The standard InChI is InChI=1S/C58H35N3OS/c1-2-17-38(18-3-1)54-57-55(45-25-9-11-30-52(45)63-57)60-58(59-54)47-27-14-26-46-53(47)48(35-49-44-24-8-10-29-51(44)62-56(46)49)40-21-12-22-41(34-40)61(42-32-31-36-15-4-5-19-39(36)33-42)50-28-13-20-37-16-6-7-23-43(37)50/h1-35H. The number of furan rings is 1. The first-order valence-corrected chi connectivity index (χ1v) is 22.0. The minimum absolute atomic E-state index is 0.678. The van der Waals surface area contributed by atoms with Crippen molar-refractivity contribution in [3.05, 3.63) is 212 Å². The molecule has 0 N–H and O–H groups in total. The Kier molecular flexibility index (Phi) is 8.05. The second kappa shape index (κ2) is 14.2. The van der Waals surface area contributed by atoms with E-state index in [1.54, 1.807) is 11.3 Å². The smallest absolute Gasteiger partial charge is 0.161 e. The molecule has 13 aromatic rings. The number of hydrogen-bond acceptors (Lipinski definition) is 5. The van der Waals surface area contributed by atoms with Crippen molar-refractivity contribution in [2.75, 3.05) is 4.90 Å². The molecule has 0 aliphatic carbocycles. The Labute approximate surface area is 366 Å². The minimum Gasteiger partial charge on any atom is -0.455 e. The van der Waals surface area contributed by atoms with E-state index in [-0.39, 0.29) is 0 Å². The van der Waals surface area contributed by atoms with Gasteiger partial charge in [-0.1, -0.05) is 164 Å². The van der Waals surface area contributed by atoms with E-state index in [1.165, 1.54) is 26.2 Å². The van der Waals surface area contributed by atoms with E-state index >= 15 is 0 Å². The molecular weight excluding hydrogens is 787 g/mol. The third-order valence-corrected chi connectivity index (χ3v) is 13.6. The molecule has 4 nitrogen and oxygen atoms in total. The summed E-state index contributed by atoms with van der Waals surface area (Å²) < 4.78 is 9.04. The number of para-hydroxylation sites is 1. The highest BCUT2D eigenvalue weighted by molar-refractivity contribution is 7.26. The molecule has 3 aromatic heterocycles. The van der Waals surface area contributed by atoms with Crippen LogP contribution in [0.5, 0.6) is 0 Å². The number of benzene rings is 10. The van der Waals surface area contributed by atoms with E-state index in [2.05, 4.69) is 211 Å². The lowest BCUT2D eigenvalue weighted by molar-refractivity contribution is 0.672. The summed E-state index contributed by atoms with van der Waals surface area (Å²) in [6.07, 6.45) is 0. The molecule has 3 heterocycles. The average Bonchev–Trinajstić information content (AvgIpc) is 3.92. The SMILES string of the molecule is c1ccc(-c2nc(-c3cccc4c3c(-c3cccc(N(c5ccc6ccccc6c5)c5cccc6ccccc56)c3)cc3c5ccccc5oc43)nc3c2sc2ccccc23)cc1. The fraction of sp³-hybridized carbons (Fsp3) is 0. The van der Waals surface area contributed by atoms with Crippen molar-refractivity contribution in [2.45, 2.75) is 0 Å². The van der Waals surface area contributed by atoms with Gasteiger partial charge in [-0.25, -0.2) is 9.97 Å². The fourth-order valence-corrected chi connectivity index (χ4v) is 10.7. The molecule has 0 bridgehead atoms. The van der Waals surface area contributed by atoms with Crippen molar-refractivity contribution >= 4 is 103 Å². The zero-order valence-electron chi connectivity index (χ0n) is 33.9. The predicted molar refractivity (Wildman–Crippen MR) is 266 cm³/mol. The quantitative estimate of drug-likeness (QED) is 0.168. The maximum absolute atomic E-state index is 6.76. The van der Waals surface area contributed by atoms with Gasteiger partial charge in [0.1, 0.15) is 11.2 Å². The van der Waals surface area contributed by atoms with Crippen molar-refractivity contribution in [1.29, 1.82) is 0 Å².